The molecule has 4 heteroatoms. The van der Waals surface area contributed by atoms with E-state index in [2.05, 4.69) is 0 Å². The Morgan fingerprint density at radius 3 is 2.77 bits per heavy atom. The van der Waals surface area contributed by atoms with Crippen LogP contribution in [0.1, 0.15) is 13.8 Å². The van der Waals surface area contributed by atoms with Crippen LogP contribution in [-0.4, -0.2) is 49.8 Å². The molecule has 13 heavy (non-hydrogen) atoms. The van der Waals surface area contributed by atoms with Gasteiger partial charge in [-0.05, 0) is 13.8 Å². The van der Waals surface area contributed by atoms with E-state index >= 15 is 0 Å². The lowest BCUT2D eigenvalue weighted by Crippen LogP contribution is -2.41. The van der Waals surface area contributed by atoms with Gasteiger partial charge in [0.1, 0.15) is 12.2 Å². The summed E-state index contributed by atoms with van der Waals surface area (Å²) < 4.78 is 15.8. The Bertz CT molecular complexity index is 132. The van der Waals surface area contributed by atoms with Gasteiger partial charge in [-0.25, -0.2) is 0 Å². The topological polar surface area (TPSA) is 47.9 Å². The second kappa shape index (κ2) is 5.54. The smallest absolute Gasteiger partial charge is 0.109 e. The lowest BCUT2D eigenvalue weighted by Gasteiger charge is -2.27. The van der Waals surface area contributed by atoms with Crippen LogP contribution in [0, 0.1) is 0 Å². The molecule has 1 aliphatic rings. The van der Waals surface area contributed by atoms with Crippen LogP contribution >= 0.6 is 0 Å². The van der Waals surface area contributed by atoms with E-state index in [1.807, 2.05) is 13.8 Å². The van der Waals surface area contributed by atoms with Crippen molar-refractivity contribution in [2.75, 3.05) is 26.4 Å². The highest BCUT2D eigenvalue weighted by atomic mass is 16.6. The van der Waals surface area contributed by atoms with Gasteiger partial charge in [0.15, 0.2) is 0 Å². The maximum absolute atomic E-state index is 9.59. The van der Waals surface area contributed by atoms with Crippen molar-refractivity contribution in [3.63, 3.8) is 0 Å². The molecule has 0 aliphatic carbocycles. The van der Waals surface area contributed by atoms with E-state index < -0.39 is 6.10 Å². The van der Waals surface area contributed by atoms with E-state index in [4.69, 9.17) is 14.2 Å². The van der Waals surface area contributed by atoms with Crippen molar-refractivity contribution in [2.24, 2.45) is 0 Å². The fourth-order valence-electron chi connectivity index (χ4n) is 1.13. The van der Waals surface area contributed by atoms with Gasteiger partial charge >= 0.3 is 0 Å². The molecule has 2 unspecified atom stereocenters. The van der Waals surface area contributed by atoms with Gasteiger partial charge in [-0.2, -0.15) is 0 Å². The van der Waals surface area contributed by atoms with Crippen molar-refractivity contribution in [3.05, 3.63) is 0 Å². The molecule has 2 atom stereocenters. The van der Waals surface area contributed by atoms with Gasteiger partial charge in [0, 0.05) is 0 Å². The molecule has 0 amide bonds. The minimum atomic E-state index is -0.581. The molecule has 1 saturated heterocycles. The van der Waals surface area contributed by atoms with Crippen LogP contribution in [0.4, 0.5) is 0 Å². The van der Waals surface area contributed by atoms with Crippen molar-refractivity contribution in [2.45, 2.75) is 32.2 Å². The SMILES string of the molecule is CC(C)OCC(O)C1COCCO1. The lowest BCUT2D eigenvalue weighted by atomic mass is 10.2. The zero-order chi connectivity index (χ0) is 9.68. The highest BCUT2D eigenvalue weighted by Crippen LogP contribution is 2.06. The number of hydrogen-bond acceptors (Lipinski definition) is 4. The maximum Gasteiger partial charge on any atom is 0.109 e. The molecule has 0 aromatic rings. The summed E-state index contributed by atoms with van der Waals surface area (Å²) in [6.45, 7) is 5.82. The summed E-state index contributed by atoms with van der Waals surface area (Å²) in [6, 6.07) is 0. The van der Waals surface area contributed by atoms with Gasteiger partial charge in [-0.15, -0.1) is 0 Å². The largest absolute Gasteiger partial charge is 0.388 e. The molecular weight excluding hydrogens is 172 g/mol. The van der Waals surface area contributed by atoms with E-state index in [9.17, 15) is 5.11 Å². The normalized spacial score (nSPS) is 26.3. The van der Waals surface area contributed by atoms with Crippen LogP contribution in [0.5, 0.6) is 0 Å². The number of hydrogen-bond donors (Lipinski definition) is 1. The van der Waals surface area contributed by atoms with Crippen LogP contribution in [-0.2, 0) is 14.2 Å². The lowest BCUT2D eigenvalue weighted by molar-refractivity contribution is -0.148. The monoisotopic (exact) mass is 190 g/mol. The van der Waals surface area contributed by atoms with Crippen LogP contribution in [0.3, 0.4) is 0 Å². The van der Waals surface area contributed by atoms with Crippen LogP contribution < -0.4 is 0 Å². The summed E-state index contributed by atoms with van der Waals surface area (Å²) >= 11 is 0. The molecule has 1 rings (SSSR count). The molecule has 0 radical (unpaired) electrons. The van der Waals surface area contributed by atoms with Crippen molar-refractivity contribution >= 4 is 0 Å². The van der Waals surface area contributed by atoms with Gasteiger partial charge in [0.25, 0.3) is 0 Å². The number of aliphatic hydroxyl groups excluding tert-OH is 1. The molecule has 0 bridgehead atoms. The molecule has 1 fully saturated rings. The summed E-state index contributed by atoms with van der Waals surface area (Å²) in [6.07, 6.45) is -0.672. The molecule has 1 heterocycles. The second-order valence-electron chi connectivity index (χ2n) is 3.43. The van der Waals surface area contributed by atoms with E-state index in [0.717, 1.165) is 0 Å². The van der Waals surface area contributed by atoms with Crippen molar-refractivity contribution in [1.82, 2.24) is 0 Å². The first-order chi connectivity index (χ1) is 6.20. The first kappa shape index (κ1) is 10.9. The van der Waals surface area contributed by atoms with Crippen LogP contribution in [0.2, 0.25) is 0 Å². The quantitative estimate of drug-likeness (QED) is 0.687. The van der Waals surface area contributed by atoms with Crippen molar-refractivity contribution in [1.29, 1.82) is 0 Å². The predicted molar refractivity (Wildman–Crippen MR) is 47.7 cm³/mol. The minimum Gasteiger partial charge on any atom is -0.388 e. The maximum atomic E-state index is 9.59. The molecule has 0 spiro atoms. The van der Waals surface area contributed by atoms with E-state index in [1.165, 1.54) is 0 Å². The summed E-state index contributed by atoms with van der Waals surface area (Å²) in [5.41, 5.74) is 0. The van der Waals surface area contributed by atoms with Crippen molar-refractivity contribution < 1.29 is 19.3 Å². The predicted octanol–water partition coefficient (Wildman–Crippen LogP) is 0.188. The van der Waals surface area contributed by atoms with Gasteiger partial charge in [0.2, 0.25) is 0 Å². The Morgan fingerprint density at radius 1 is 1.46 bits per heavy atom. The van der Waals surface area contributed by atoms with Gasteiger partial charge in [0.05, 0.1) is 32.5 Å². The van der Waals surface area contributed by atoms with Gasteiger partial charge < -0.3 is 19.3 Å². The molecule has 78 valence electrons. The number of ether oxygens (including phenoxy) is 3. The molecule has 0 aromatic carbocycles. The van der Waals surface area contributed by atoms with Crippen molar-refractivity contribution in [3.8, 4) is 0 Å². The molecule has 0 saturated carbocycles. The Labute approximate surface area is 78.8 Å². The Kier molecular flexibility index (Phi) is 4.66. The second-order valence-corrected chi connectivity index (χ2v) is 3.43. The fourth-order valence-corrected chi connectivity index (χ4v) is 1.13. The molecule has 0 aromatic heterocycles. The average molecular weight is 190 g/mol. The van der Waals surface area contributed by atoms with Gasteiger partial charge in [-0.3, -0.25) is 0 Å². The summed E-state index contributed by atoms with van der Waals surface area (Å²) in [4.78, 5) is 0. The Hall–Kier alpha value is -0.160. The third-order valence-electron chi connectivity index (χ3n) is 1.87. The van der Waals surface area contributed by atoms with E-state index in [1.54, 1.807) is 0 Å². The highest BCUT2D eigenvalue weighted by molar-refractivity contribution is 4.70. The van der Waals surface area contributed by atoms with E-state index in [0.29, 0.717) is 26.4 Å². The Morgan fingerprint density at radius 2 is 2.23 bits per heavy atom. The summed E-state index contributed by atoms with van der Waals surface area (Å²) in [5, 5.41) is 9.59. The molecule has 4 nitrogen and oxygen atoms in total. The Balaban J connectivity index is 2.17. The summed E-state index contributed by atoms with van der Waals surface area (Å²) in [7, 11) is 0. The first-order valence-electron chi connectivity index (χ1n) is 4.69. The zero-order valence-corrected chi connectivity index (χ0v) is 8.23. The first-order valence-corrected chi connectivity index (χ1v) is 4.69. The molecular formula is C9H18O4. The summed E-state index contributed by atoms with van der Waals surface area (Å²) in [5.74, 6) is 0. The van der Waals surface area contributed by atoms with E-state index in [-0.39, 0.29) is 12.2 Å². The molecule has 1 N–H and O–H groups in total. The van der Waals surface area contributed by atoms with Crippen LogP contribution in [0.25, 0.3) is 0 Å². The van der Waals surface area contributed by atoms with Crippen LogP contribution in [0.15, 0.2) is 0 Å². The average Bonchev–Trinajstić information content (AvgIpc) is 2.15. The fraction of sp³-hybridized carbons (Fsp3) is 1.00. The number of aliphatic hydroxyl groups is 1. The zero-order valence-electron chi connectivity index (χ0n) is 8.23. The third-order valence-corrected chi connectivity index (χ3v) is 1.87. The van der Waals surface area contributed by atoms with Gasteiger partial charge in [-0.1, -0.05) is 0 Å². The minimum absolute atomic E-state index is 0.138. The third kappa shape index (κ3) is 4.04. The number of rotatable bonds is 4. The molecule has 1 aliphatic heterocycles. The highest BCUT2D eigenvalue weighted by Gasteiger charge is 2.23. The standard InChI is InChI=1S/C9H18O4/c1-7(2)13-5-8(10)9-6-11-3-4-12-9/h7-10H,3-6H2,1-2H3.